The summed E-state index contributed by atoms with van der Waals surface area (Å²) in [6.07, 6.45) is 1.77. The van der Waals surface area contributed by atoms with Gasteiger partial charge in [-0.25, -0.2) is 0 Å². The SMILES string of the molecule is CN=C(NCc1ncc(C)c(OC)c1C)NCC(C)Oc1cccc(OC)c1. The van der Waals surface area contributed by atoms with Crippen LogP contribution in [0.25, 0.3) is 0 Å². The number of aromatic nitrogens is 1. The van der Waals surface area contributed by atoms with Crippen LogP contribution < -0.4 is 24.8 Å². The normalized spacial score (nSPS) is 12.3. The number of aliphatic imine (C=N–C) groups is 1. The van der Waals surface area contributed by atoms with Crippen molar-refractivity contribution in [1.82, 2.24) is 15.6 Å². The van der Waals surface area contributed by atoms with Crippen LogP contribution in [-0.4, -0.2) is 44.9 Å². The maximum atomic E-state index is 5.92. The second kappa shape index (κ2) is 10.4. The summed E-state index contributed by atoms with van der Waals surface area (Å²) in [4.78, 5) is 8.76. The molecule has 152 valence electrons. The summed E-state index contributed by atoms with van der Waals surface area (Å²) < 4.78 is 16.6. The number of pyridine rings is 1. The van der Waals surface area contributed by atoms with Crippen LogP contribution in [0.4, 0.5) is 0 Å². The molecule has 0 spiro atoms. The van der Waals surface area contributed by atoms with Gasteiger partial charge in [0.25, 0.3) is 0 Å². The first-order chi connectivity index (χ1) is 13.5. The Morgan fingerprint density at radius 2 is 1.89 bits per heavy atom. The van der Waals surface area contributed by atoms with Crippen molar-refractivity contribution in [1.29, 1.82) is 0 Å². The van der Waals surface area contributed by atoms with E-state index in [0.29, 0.717) is 19.0 Å². The zero-order valence-electron chi connectivity index (χ0n) is 17.5. The molecule has 1 atom stereocenters. The minimum absolute atomic E-state index is 0.0509. The van der Waals surface area contributed by atoms with E-state index in [9.17, 15) is 0 Å². The van der Waals surface area contributed by atoms with Gasteiger partial charge in [0.2, 0.25) is 0 Å². The molecule has 2 aromatic rings. The van der Waals surface area contributed by atoms with Crippen LogP contribution in [0.2, 0.25) is 0 Å². The van der Waals surface area contributed by atoms with Crippen LogP contribution in [0, 0.1) is 13.8 Å². The number of nitrogens with one attached hydrogen (secondary N) is 2. The Morgan fingerprint density at radius 1 is 1.14 bits per heavy atom. The molecule has 0 aliphatic heterocycles. The first-order valence-electron chi connectivity index (χ1n) is 9.22. The number of hydrogen-bond acceptors (Lipinski definition) is 5. The summed E-state index contributed by atoms with van der Waals surface area (Å²) in [5.74, 6) is 3.09. The molecule has 0 amide bonds. The molecule has 0 saturated carbocycles. The largest absolute Gasteiger partial charge is 0.497 e. The van der Waals surface area contributed by atoms with E-state index in [1.807, 2.05) is 51.2 Å². The Balaban J connectivity index is 1.87. The second-order valence-electron chi connectivity index (χ2n) is 6.46. The fourth-order valence-corrected chi connectivity index (χ4v) is 2.83. The molecule has 0 aliphatic rings. The third-order valence-electron chi connectivity index (χ3n) is 4.33. The van der Waals surface area contributed by atoms with E-state index in [1.54, 1.807) is 21.3 Å². The molecule has 1 unspecified atom stereocenters. The fraction of sp³-hybridized carbons (Fsp3) is 0.429. The summed E-state index contributed by atoms with van der Waals surface area (Å²) in [6, 6.07) is 7.56. The highest BCUT2D eigenvalue weighted by molar-refractivity contribution is 5.79. The van der Waals surface area contributed by atoms with Gasteiger partial charge < -0.3 is 24.8 Å². The molecule has 1 heterocycles. The van der Waals surface area contributed by atoms with Gasteiger partial charge in [0.15, 0.2) is 5.96 Å². The zero-order valence-corrected chi connectivity index (χ0v) is 17.5. The predicted octanol–water partition coefficient (Wildman–Crippen LogP) is 2.85. The van der Waals surface area contributed by atoms with Crippen LogP contribution in [0.5, 0.6) is 17.2 Å². The van der Waals surface area contributed by atoms with Gasteiger partial charge in [-0.3, -0.25) is 9.98 Å². The van der Waals surface area contributed by atoms with E-state index in [-0.39, 0.29) is 6.10 Å². The van der Waals surface area contributed by atoms with Gasteiger partial charge >= 0.3 is 0 Å². The van der Waals surface area contributed by atoms with Crippen molar-refractivity contribution in [2.24, 2.45) is 4.99 Å². The van der Waals surface area contributed by atoms with Gasteiger partial charge in [-0.2, -0.15) is 0 Å². The molecule has 1 aromatic carbocycles. The third-order valence-corrected chi connectivity index (χ3v) is 4.33. The molecule has 0 fully saturated rings. The van der Waals surface area contributed by atoms with Crippen LogP contribution >= 0.6 is 0 Å². The molecule has 0 aliphatic carbocycles. The highest BCUT2D eigenvalue weighted by atomic mass is 16.5. The first kappa shape index (κ1) is 21.3. The molecule has 0 radical (unpaired) electrons. The van der Waals surface area contributed by atoms with Crippen molar-refractivity contribution in [3.63, 3.8) is 0 Å². The number of benzene rings is 1. The Kier molecular flexibility index (Phi) is 7.92. The molecule has 28 heavy (non-hydrogen) atoms. The Labute approximate surface area is 167 Å². The number of hydrogen-bond donors (Lipinski definition) is 2. The van der Waals surface area contributed by atoms with Gasteiger partial charge in [-0.05, 0) is 32.9 Å². The molecule has 7 nitrogen and oxygen atoms in total. The van der Waals surface area contributed by atoms with Gasteiger partial charge in [-0.15, -0.1) is 0 Å². The number of nitrogens with zero attached hydrogens (tertiary/aromatic N) is 2. The molecule has 2 rings (SSSR count). The van der Waals surface area contributed by atoms with Gasteiger partial charge in [0, 0.05) is 30.4 Å². The molecule has 1 aromatic heterocycles. The van der Waals surface area contributed by atoms with Gasteiger partial charge in [0.05, 0.1) is 33.0 Å². The van der Waals surface area contributed by atoms with Crippen molar-refractivity contribution in [3.05, 3.63) is 47.3 Å². The fourth-order valence-electron chi connectivity index (χ4n) is 2.83. The zero-order chi connectivity index (χ0) is 20.5. The molecule has 0 saturated heterocycles. The summed E-state index contributed by atoms with van der Waals surface area (Å²) in [5, 5.41) is 6.55. The van der Waals surface area contributed by atoms with Crippen molar-refractivity contribution in [3.8, 4) is 17.2 Å². The summed E-state index contributed by atoms with van der Waals surface area (Å²) in [6.45, 7) is 7.14. The van der Waals surface area contributed by atoms with Crippen LogP contribution in [-0.2, 0) is 6.54 Å². The lowest BCUT2D eigenvalue weighted by molar-refractivity contribution is 0.223. The minimum atomic E-state index is -0.0509. The molecule has 7 heteroatoms. The molecular weight excluding hydrogens is 356 g/mol. The van der Waals surface area contributed by atoms with E-state index in [2.05, 4.69) is 20.6 Å². The maximum Gasteiger partial charge on any atom is 0.191 e. The average Bonchev–Trinajstić information content (AvgIpc) is 2.70. The maximum absolute atomic E-state index is 5.92. The minimum Gasteiger partial charge on any atom is -0.497 e. The van der Waals surface area contributed by atoms with E-state index in [1.165, 1.54) is 0 Å². The summed E-state index contributed by atoms with van der Waals surface area (Å²) >= 11 is 0. The second-order valence-corrected chi connectivity index (χ2v) is 6.46. The van der Waals surface area contributed by atoms with Crippen LogP contribution in [0.3, 0.4) is 0 Å². The quantitative estimate of drug-likeness (QED) is 0.537. The van der Waals surface area contributed by atoms with Gasteiger partial charge in [-0.1, -0.05) is 6.07 Å². The van der Waals surface area contributed by atoms with E-state index in [4.69, 9.17) is 14.2 Å². The summed E-state index contributed by atoms with van der Waals surface area (Å²) in [5.41, 5.74) is 2.97. The van der Waals surface area contributed by atoms with E-state index >= 15 is 0 Å². The smallest absolute Gasteiger partial charge is 0.191 e. The summed E-state index contributed by atoms with van der Waals surface area (Å²) in [7, 11) is 5.05. The third kappa shape index (κ3) is 5.77. The van der Waals surface area contributed by atoms with E-state index in [0.717, 1.165) is 34.1 Å². The predicted molar refractivity (Wildman–Crippen MR) is 112 cm³/mol. The lowest BCUT2D eigenvalue weighted by Crippen LogP contribution is -2.41. The Morgan fingerprint density at radius 3 is 2.57 bits per heavy atom. The standard InChI is InChI=1S/C21H30N4O3/c1-14-11-23-19(16(3)20(14)27-6)13-25-21(22-4)24-12-15(2)28-18-9-7-8-17(10-18)26-5/h7-11,15H,12-13H2,1-6H3,(H2,22,24,25). The molecule has 0 bridgehead atoms. The lowest BCUT2D eigenvalue weighted by atomic mass is 10.1. The highest BCUT2D eigenvalue weighted by Crippen LogP contribution is 2.23. The number of rotatable bonds is 8. The Hall–Kier alpha value is -2.96. The lowest BCUT2D eigenvalue weighted by Gasteiger charge is -2.18. The van der Waals surface area contributed by atoms with Crippen LogP contribution in [0.1, 0.15) is 23.7 Å². The molecule has 2 N–H and O–H groups in total. The topological polar surface area (TPSA) is 77.0 Å². The number of guanidine groups is 1. The monoisotopic (exact) mass is 386 g/mol. The average molecular weight is 386 g/mol. The number of aryl methyl sites for hydroxylation is 1. The first-order valence-corrected chi connectivity index (χ1v) is 9.22. The molecular formula is C21H30N4O3. The van der Waals surface area contributed by atoms with Crippen molar-refractivity contribution in [2.45, 2.75) is 33.4 Å². The van der Waals surface area contributed by atoms with Crippen LogP contribution in [0.15, 0.2) is 35.5 Å². The van der Waals surface area contributed by atoms with Crippen molar-refractivity contribution >= 4 is 5.96 Å². The van der Waals surface area contributed by atoms with Crippen molar-refractivity contribution in [2.75, 3.05) is 27.8 Å². The van der Waals surface area contributed by atoms with Gasteiger partial charge in [0.1, 0.15) is 23.4 Å². The number of methoxy groups -OCH3 is 2. The Bertz CT molecular complexity index is 808. The van der Waals surface area contributed by atoms with E-state index < -0.39 is 0 Å². The highest BCUT2D eigenvalue weighted by Gasteiger charge is 2.11. The number of ether oxygens (including phenoxy) is 3. The van der Waals surface area contributed by atoms with Crippen molar-refractivity contribution < 1.29 is 14.2 Å².